The number of fused-ring (bicyclic) bond motifs is 3. The van der Waals surface area contributed by atoms with E-state index in [2.05, 4.69) is 20.8 Å². The summed E-state index contributed by atoms with van der Waals surface area (Å²) >= 11 is 6.18. The number of aryl methyl sites for hydroxylation is 1. The molecule has 3 aromatic rings. The lowest BCUT2D eigenvalue weighted by Gasteiger charge is -2.14. The average Bonchev–Trinajstić information content (AvgIpc) is 3.42. The van der Waals surface area contributed by atoms with Crippen LogP contribution in [-0.2, 0) is 28.5 Å². The number of halogens is 1. The molecule has 0 radical (unpaired) electrons. The Morgan fingerprint density at radius 2 is 1.39 bits per heavy atom. The second-order valence-corrected chi connectivity index (χ2v) is 11.1. The van der Waals surface area contributed by atoms with E-state index in [0.29, 0.717) is 101 Å². The van der Waals surface area contributed by atoms with Gasteiger partial charge in [0, 0.05) is 29.2 Å². The first kappa shape index (κ1) is 37.7. The Bertz CT molecular complexity index is 1520. The molecule has 1 atom stereocenters. The first-order chi connectivity index (χ1) is 23.9. The fraction of sp³-hybridized carbons (Fsp3) is 0.485. The Kier molecular flexibility index (Phi) is 15.7. The van der Waals surface area contributed by atoms with Crippen molar-refractivity contribution in [1.29, 1.82) is 0 Å². The van der Waals surface area contributed by atoms with E-state index in [1.54, 1.807) is 7.11 Å². The second kappa shape index (κ2) is 20.4. The summed E-state index contributed by atoms with van der Waals surface area (Å²) in [6.07, 6.45) is -1.01. The van der Waals surface area contributed by atoms with Crippen LogP contribution in [0.15, 0.2) is 47.5 Å². The zero-order valence-corrected chi connectivity index (χ0v) is 28.4. The molecule has 2 aromatic carbocycles. The van der Waals surface area contributed by atoms with E-state index in [4.69, 9.17) is 50.1 Å². The molecular formula is C33H43ClN6O9. The number of hydrogen-bond donors (Lipinski definition) is 3. The summed E-state index contributed by atoms with van der Waals surface area (Å²) in [7, 11) is 1.61. The lowest BCUT2D eigenvalue weighted by Crippen LogP contribution is -2.29. The summed E-state index contributed by atoms with van der Waals surface area (Å²) < 4.78 is 34.6. The van der Waals surface area contributed by atoms with Crippen LogP contribution in [0.4, 0.5) is 4.79 Å². The summed E-state index contributed by atoms with van der Waals surface area (Å²) in [5, 5.41) is 22.9. The van der Waals surface area contributed by atoms with Gasteiger partial charge >= 0.3 is 6.09 Å². The van der Waals surface area contributed by atoms with Crippen molar-refractivity contribution in [2.75, 3.05) is 86.3 Å². The van der Waals surface area contributed by atoms with E-state index >= 15 is 0 Å². The quantitative estimate of drug-likeness (QED) is 0.131. The molecular weight excluding hydrogens is 660 g/mol. The van der Waals surface area contributed by atoms with Crippen molar-refractivity contribution >= 4 is 29.3 Å². The molecule has 0 saturated carbocycles. The minimum Gasteiger partial charge on any atom is -0.497 e. The maximum atomic E-state index is 13.1. The predicted molar refractivity (Wildman–Crippen MR) is 180 cm³/mol. The molecule has 4 rings (SSSR count). The number of rotatable bonds is 22. The molecule has 1 unspecified atom stereocenters. The van der Waals surface area contributed by atoms with Gasteiger partial charge in [0.2, 0.25) is 5.91 Å². The van der Waals surface area contributed by atoms with Crippen molar-refractivity contribution in [1.82, 2.24) is 25.4 Å². The molecule has 1 aromatic heterocycles. The number of aromatic nitrogens is 3. The third kappa shape index (κ3) is 12.1. The highest BCUT2D eigenvalue weighted by Crippen LogP contribution is 2.34. The second-order valence-electron chi connectivity index (χ2n) is 10.7. The minimum atomic E-state index is -1.07. The van der Waals surface area contributed by atoms with Crippen molar-refractivity contribution < 1.29 is 43.1 Å². The van der Waals surface area contributed by atoms with Gasteiger partial charge in [-0.05, 0) is 37.3 Å². The monoisotopic (exact) mass is 702 g/mol. The van der Waals surface area contributed by atoms with E-state index in [0.717, 1.165) is 16.8 Å². The normalized spacial score (nSPS) is 13.6. The molecule has 1 aliphatic heterocycles. The molecule has 2 heterocycles. The van der Waals surface area contributed by atoms with Crippen molar-refractivity contribution in [3.8, 4) is 11.4 Å². The lowest BCUT2D eigenvalue weighted by molar-refractivity contribution is -0.121. The molecule has 266 valence electrons. The molecule has 1 aliphatic rings. The SMILES string of the molecule is COc1ccc2c(c1)C(c1ccc(Cl)cc1)=NC(CC(=O)NCCOCCOCCOCCOCCOCCNC(=O)O)c1nnc(C)n1-2. The van der Waals surface area contributed by atoms with Crippen molar-refractivity contribution in [3.63, 3.8) is 0 Å². The van der Waals surface area contributed by atoms with Crippen LogP contribution in [0.3, 0.4) is 0 Å². The van der Waals surface area contributed by atoms with Crippen LogP contribution in [0.2, 0.25) is 5.02 Å². The van der Waals surface area contributed by atoms with Crippen molar-refractivity contribution in [3.05, 3.63) is 70.3 Å². The van der Waals surface area contributed by atoms with E-state index in [1.165, 1.54) is 0 Å². The van der Waals surface area contributed by atoms with Gasteiger partial charge < -0.3 is 44.2 Å². The number of carboxylic acid groups (broad SMARTS) is 1. The van der Waals surface area contributed by atoms with E-state index in [9.17, 15) is 9.59 Å². The fourth-order valence-electron chi connectivity index (χ4n) is 4.90. The van der Waals surface area contributed by atoms with Gasteiger partial charge in [0.15, 0.2) is 5.82 Å². The number of hydrogen-bond acceptors (Lipinski definition) is 11. The number of benzene rings is 2. The van der Waals surface area contributed by atoms with Gasteiger partial charge in [-0.25, -0.2) is 4.79 Å². The third-order valence-corrected chi connectivity index (χ3v) is 7.46. The smallest absolute Gasteiger partial charge is 0.404 e. The maximum absolute atomic E-state index is 13.1. The van der Waals surface area contributed by atoms with Crippen LogP contribution in [0, 0.1) is 6.92 Å². The highest BCUT2D eigenvalue weighted by atomic mass is 35.5. The molecule has 2 amide bonds. The van der Waals surface area contributed by atoms with Gasteiger partial charge in [0.05, 0.1) is 91.0 Å². The highest BCUT2D eigenvalue weighted by molar-refractivity contribution is 6.30. The molecule has 16 heteroatoms. The van der Waals surface area contributed by atoms with Gasteiger partial charge in [-0.1, -0.05) is 23.7 Å². The molecule has 15 nitrogen and oxygen atoms in total. The van der Waals surface area contributed by atoms with Crippen LogP contribution < -0.4 is 15.4 Å². The predicted octanol–water partition coefficient (Wildman–Crippen LogP) is 2.99. The van der Waals surface area contributed by atoms with E-state index in [1.807, 2.05) is 54.0 Å². The Hall–Kier alpha value is -4.12. The number of carbonyl (C=O) groups is 2. The summed E-state index contributed by atoms with van der Waals surface area (Å²) in [5.74, 6) is 1.73. The van der Waals surface area contributed by atoms with Gasteiger partial charge in [-0.2, -0.15) is 0 Å². The molecule has 0 spiro atoms. The van der Waals surface area contributed by atoms with E-state index < -0.39 is 12.1 Å². The molecule has 49 heavy (non-hydrogen) atoms. The van der Waals surface area contributed by atoms with Gasteiger partial charge in [-0.15, -0.1) is 10.2 Å². The Labute approximate surface area is 289 Å². The summed E-state index contributed by atoms with van der Waals surface area (Å²) in [5.41, 5.74) is 3.21. The molecule has 0 aliphatic carbocycles. The maximum Gasteiger partial charge on any atom is 0.404 e. The number of carbonyl (C=O) groups excluding carboxylic acids is 1. The van der Waals surface area contributed by atoms with Gasteiger partial charge in [0.1, 0.15) is 17.6 Å². The first-order valence-corrected chi connectivity index (χ1v) is 16.3. The molecule has 0 fully saturated rings. The van der Waals surface area contributed by atoms with E-state index in [-0.39, 0.29) is 18.9 Å². The summed E-state index contributed by atoms with van der Waals surface area (Å²) in [6.45, 7) is 6.30. The third-order valence-electron chi connectivity index (χ3n) is 7.21. The van der Waals surface area contributed by atoms with Crippen LogP contribution in [0.25, 0.3) is 5.69 Å². The number of amides is 2. The van der Waals surface area contributed by atoms with Gasteiger partial charge in [0.25, 0.3) is 0 Å². The standard InChI is InChI=1S/C33H43ClN6O9/c1-23-38-39-32-28(37-31(24-3-5-25(34)6-4-24)27-21-26(44-2)7-8-29(27)40(23)32)22-30(41)35-9-11-45-13-15-47-17-19-49-20-18-48-16-14-46-12-10-36-33(42)43/h3-8,21,28,36H,9-20,22H2,1-2H3,(H,35,41)(H,42,43). The van der Waals surface area contributed by atoms with Crippen LogP contribution in [-0.4, -0.2) is 124 Å². The fourth-order valence-corrected chi connectivity index (χ4v) is 5.03. The zero-order valence-electron chi connectivity index (χ0n) is 27.7. The first-order valence-electron chi connectivity index (χ1n) is 15.9. The number of nitrogens with zero attached hydrogens (tertiary/aromatic N) is 4. The Morgan fingerprint density at radius 3 is 1.96 bits per heavy atom. The number of ether oxygens (including phenoxy) is 6. The Balaban J connectivity index is 1.15. The number of nitrogens with one attached hydrogen (secondary N) is 2. The lowest BCUT2D eigenvalue weighted by atomic mass is 10.00. The largest absolute Gasteiger partial charge is 0.497 e. The van der Waals surface area contributed by atoms with Crippen LogP contribution in [0.5, 0.6) is 5.75 Å². The average molecular weight is 703 g/mol. The molecule has 0 bridgehead atoms. The van der Waals surface area contributed by atoms with Gasteiger partial charge in [-0.3, -0.25) is 14.4 Å². The number of aliphatic imine (C=N–C) groups is 1. The van der Waals surface area contributed by atoms with Crippen molar-refractivity contribution in [2.24, 2.45) is 4.99 Å². The highest BCUT2D eigenvalue weighted by Gasteiger charge is 2.30. The topological polar surface area (TPSA) is 177 Å². The van der Waals surface area contributed by atoms with Crippen LogP contribution in [0.1, 0.15) is 35.2 Å². The molecule has 0 saturated heterocycles. The van der Waals surface area contributed by atoms with Crippen molar-refractivity contribution in [2.45, 2.75) is 19.4 Å². The summed E-state index contributed by atoms with van der Waals surface area (Å²) in [6, 6.07) is 12.6. The number of methoxy groups -OCH3 is 1. The van der Waals surface area contributed by atoms with Crippen LogP contribution >= 0.6 is 11.6 Å². The molecule has 3 N–H and O–H groups in total. The summed E-state index contributed by atoms with van der Waals surface area (Å²) in [4.78, 5) is 28.5. The zero-order chi connectivity index (χ0) is 34.8. The Morgan fingerprint density at radius 1 is 0.816 bits per heavy atom. The minimum absolute atomic E-state index is 0.0641.